The first-order valence-corrected chi connectivity index (χ1v) is 8.15. The summed E-state index contributed by atoms with van der Waals surface area (Å²) in [7, 11) is 1.67. The van der Waals surface area contributed by atoms with Crippen LogP contribution in [0, 0.1) is 11.3 Å². The Hall–Kier alpha value is -1.55. The fourth-order valence-corrected chi connectivity index (χ4v) is 3.82. The molecule has 0 radical (unpaired) electrons. The number of para-hydroxylation sites is 1. The minimum Gasteiger partial charge on any atom is -0.496 e. The first-order valence-electron chi connectivity index (χ1n) is 8.15. The summed E-state index contributed by atoms with van der Waals surface area (Å²) in [5.41, 5.74) is 0.859. The van der Waals surface area contributed by atoms with Crippen LogP contribution in [0.2, 0.25) is 0 Å². The van der Waals surface area contributed by atoms with E-state index in [4.69, 9.17) is 4.74 Å². The van der Waals surface area contributed by atoms with Gasteiger partial charge in [-0.25, -0.2) is 0 Å². The normalized spacial score (nSPS) is 23.1. The van der Waals surface area contributed by atoms with Gasteiger partial charge in [-0.2, -0.15) is 0 Å². The molecule has 0 bridgehead atoms. The van der Waals surface area contributed by atoms with Gasteiger partial charge < -0.3 is 15.4 Å². The second-order valence-corrected chi connectivity index (χ2v) is 7.18. The highest BCUT2D eigenvalue weighted by atomic mass is 16.5. The van der Waals surface area contributed by atoms with Crippen molar-refractivity contribution in [3.05, 3.63) is 29.8 Å². The number of piperidine rings is 1. The smallest absolute Gasteiger partial charge is 0.224 e. The number of nitrogens with one attached hydrogen (secondary N) is 2. The van der Waals surface area contributed by atoms with E-state index in [0.717, 1.165) is 43.7 Å². The number of benzene rings is 1. The number of hydrogen-bond acceptors (Lipinski definition) is 3. The number of amides is 1. The van der Waals surface area contributed by atoms with Crippen LogP contribution in [0.25, 0.3) is 0 Å². The van der Waals surface area contributed by atoms with E-state index in [2.05, 4.69) is 10.6 Å². The molecule has 1 aliphatic heterocycles. The lowest BCUT2D eigenvalue weighted by Crippen LogP contribution is -2.43. The second-order valence-electron chi connectivity index (χ2n) is 7.18. The Labute approximate surface area is 132 Å². The van der Waals surface area contributed by atoms with Gasteiger partial charge in [0.25, 0.3) is 0 Å². The van der Waals surface area contributed by atoms with E-state index in [-0.39, 0.29) is 17.2 Å². The molecule has 1 heterocycles. The second kappa shape index (κ2) is 5.58. The summed E-state index contributed by atoms with van der Waals surface area (Å²) in [6.07, 6.45) is 3.29. The lowest BCUT2D eigenvalue weighted by atomic mass is 9.90. The minimum absolute atomic E-state index is 0.184. The van der Waals surface area contributed by atoms with Gasteiger partial charge in [0, 0.05) is 11.5 Å². The van der Waals surface area contributed by atoms with Crippen molar-refractivity contribution in [2.24, 2.45) is 11.3 Å². The predicted octanol–water partition coefficient (Wildman–Crippen LogP) is 2.44. The molecule has 1 aliphatic carbocycles. The Bertz CT molecular complexity index is 562. The lowest BCUT2D eigenvalue weighted by Gasteiger charge is -2.30. The molecule has 1 spiro atoms. The van der Waals surface area contributed by atoms with Crippen LogP contribution in [0.3, 0.4) is 0 Å². The largest absolute Gasteiger partial charge is 0.496 e. The molecule has 22 heavy (non-hydrogen) atoms. The predicted molar refractivity (Wildman–Crippen MR) is 86.8 cm³/mol. The first-order chi connectivity index (χ1) is 10.5. The molecule has 0 aromatic heterocycles. The molecule has 2 fully saturated rings. The van der Waals surface area contributed by atoms with Crippen molar-refractivity contribution in [2.45, 2.75) is 38.6 Å². The van der Waals surface area contributed by atoms with Gasteiger partial charge in [0.05, 0.1) is 12.6 Å². The van der Waals surface area contributed by atoms with Crippen LogP contribution < -0.4 is 15.4 Å². The first kappa shape index (κ1) is 15.3. The standard InChI is InChI=1S/C18H26N2O2/c1-17(2,13-6-4-5-7-15(13)22-3)20-16(21)14-12-18(14)8-10-19-11-9-18/h4-7,14,19H,8-12H2,1-3H3,(H,20,21). The molecule has 3 rings (SSSR count). The highest BCUT2D eigenvalue weighted by Crippen LogP contribution is 2.58. The van der Waals surface area contributed by atoms with Crippen LogP contribution in [0.15, 0.2) is 24.3 Å². The zero-order chi connectivity index (χ0) is 15.8. The van der Waals surface area contributed by atoms with E-state index in [1.165, 1.54) is 0 Å². The Morgan fingerprint density at radius 2 is 2.00 bits per heavy atom. The molecule has 1 aromatic rings. The molecule has 1 amide bonds. The highest BCUT2D eigenvalue weighted by Gasteiger charge is 2.58. The third-order valence-corrected chi connectivity index (χ3v) is 5.32. The summed E-state index contributed by atoms with van der Waals surface area (Å²) >= 11 is 0. The number of carbonyl (C=O) groups is 1. The van der Waals surface area contributed by atoms with E-state index < -0.39 is 5.54 Å². The third-order valence-electron chi connectivity index (χ3n) is 5.32. The average Bonchev–Trinajstić information content (AvgIpc) is 3.21. The topological polar surface area (TPSA) is 50.4 Å². The Balaban J connectivity index is 1.70. The molecule has 120 valence electrons. The van der Waals surface area contributed by atoms with E-state index in [1.54, 1.807) is 7.11 Å². The van der Waals surface area contributed by atoms with Crippen molar-refractivity contribution in [3.63, 3.8) is 0 Å². The molecule has 1 saturated heterocycles. The van der Waals surface area contributed by atoms with Crippen LogP contribution in [0.5, 0.6) is 5.75 Å². The zero-order valence-corrected chi connectivity index (χ0v) is 13.7. The molecule has 2 N–H and O–H groups in total. The Morgan fingerprint density at radius 1 is 1.32 bits per heavy atom. The van der Waals surface area contributed by atoms with Crippen molar-refractivity contribution in [3.8, 4) is 5.75 Å². The maximum absolute atomic E-state index is 12.7. The molecule has 4 heteroatoms. The van der Waals surface area contributed by atoms with Crippen LogP contribution in [0.4, 0.5) is 0 Å². The van der Waals surface area contributed by atoms with Gasteiger partial charge in [-0.1, -0.05) is 18.2 Å². The maximum Gasteiger partial charge on any atom is 0.224 e. The van der Waals surface area contributed by atoms with Crippen molar-refractivity contribution < 1.29 is 9.53 Å². The van der Waals surface area contributed by atoms with E-state index in [1.807, 2.05) is 38.1 Å². The van der Waals surface area contributed by atoms with Crippen LogP contribution >= 0.6 is 0 Å². The van der Waals surface area contributed by atoms with Crippen molar-refractivity contribution in [1.82, 2.24) is 10.6 Å². The summed E-state index contributed by atoms with van der Waals surface area (Å²) in [5.74, 6) is 1.20. The average molecular weight is 302 g/mol. The molecule has 1 atom stereocenters. The molecule has 1 unspecified atom stereocenters. The van der Waals surface area contributed by atoms with E-state index in [0.29, 0.717) is 0 Å². The summed E-state index contributed by atoms with van der Waals surface area (Å²) in [6, 6.07) is 7.89. The quantitative estimate of drug-likeness (QED) is 0.898. The molecular weight excluding hydrogens is 276 g/mol. The highest BCUT2D eigenvalue weighted by molar-refractivity contribution is 5.83. The van der Waals surface area contributed by atoms with E-state index in [9.17, 15) is 4.79 Å². The Kier molecular flexibility index (Phi) is 3.89. The number of carbonyl (C=O) groups excluding carboxylic acids is 1. The van der Waals surface area contributed by atoms with Gasteiger partial charge in [-0.05, 0) is 57.7 Å². The minimum atomic E-state index is -0.430. The van der Waals surface area contributed by atoms with Gasteiger partial charge in [-0.3, -0.25) is 4.79 Å². The third kappa shape index (κ3) is 2.72. The number of methoxy groups -OCH3 is 1. The van der Waals surface area contributed by atoms with Gasteiger partial charge in [0.1, 0.15) is 5.75 Å². The molecule has 1 aromatic carbocycles. The monoisotopic (exact) mass is 302 g/mol. The van der Waals surface area contributed by atoms with Gasteiger partial charge in [0.15, 0.2) is 0 Å². The molecule has 2 aliphatic rings. The fourth-order valence-electron chi connectivity index (χ4n) is 3.82. The van der Waals surface area contributed by atoms with Gasteiger partial charge in [-0.15, -0.1) is 0 Å². The summed E-state index contributed by atoms with van der Waals surface area (Å²) in [4.78, 5) is 12.7. The van der Waals surface area contributed by atoms with Crippen LogP contribution in [0.1, 0.15) is 38.7 Å². The zero-order valence-electron chi connectivity index (χ0n) is 13.7. The summed E-state index contributed by atoms with van der Waals surface area (Å²) < 4.78 is 5.44. The van der Waals surface area contributed by atoms with Gasteiger partial charge >= 0.3 is 0 Å². The van der Waals surface area contributed by atoms with E-state index >= 15 is 0 Å². The van der Waals surface area contributed by atoms with Crippen LogP contribution in [-0.2, 0) is 10.3 Å². The van der Waals surface area contributed by atoms with Crippen LogP contribution in [-0.4, -0.2) is 26.1 Å². The fraction of sp³-hybridized carbons (Fsp3) is 0.611. The molecule has 1 saturated carbocycles. The molecule has 4 nitrogen and oxygen atoms in total. The van der Waals surface area contributed by atoms with Crippen molar-refractivity contribution >= 4 is 5.91 Å². The van der Waals surface area contributed by atoms with Crippen molar-refractivity contribution in [2.75, 3.05) is 20.2 Å². The molecular formula is C18H26N2O2. The van der Waals surface area contributed by atoms with Crippen molar-refractivity contribution in [1.29, 1.82) is 0 Å². The maximum atomic E-state index is 12.7. The summed E-state index contributed by atoms with van der Waals surface area (Å²) in [5, 5.41) is 6.62. The number of rotatable bonds is 4. The number of ether oxygens (including phenoxy) is 1. The SMILES string of the molecule is COc1ccccc1C(C)(C)NC(=O)C1CC12CCNCC2. The lowest BCUT2D eigenvalue weighted by molar-refractivity contribution is -0.125. The Morgan fingerprint density at radius 3 is 2.68 bits per heavy atom. The van der Waals surface area contributed by atoms with Gasteiger partial charge in [0.2, 0.25) is 5.91 Å². The number of hydrogen-bond donors (Lipinski definition) is 2. The summed E-state index contributed by atoms with van der Waals surface area (Å²) in [6.45, 7) is 6.17.